The Morgan fingerprint density at radius 1 is 0.756 bits per heavy atom. The molecule has 45 heavy (non-hydrogen) atoms. The number of fused-ring (bicyclic) bond motifs is 4. The third-order valence-corrected chi connectivity index (χ3v) is 10.8. The van der Waals surface area contributed by atoms with E-state index in [4.69, 9.17) is 42.1 Å². The van der Waals surface area contributed by atoms with Crippen molar-refractivity contribution in [1.82, 2.24) is 14.7 Å². The quantitative estimate of drug-likeness (QED) is 0.202. The Labute approximate surface area is 286 Å². The third kappa shape index (κ3) is 7.93. The molecule has 0 bridgehead atoms. The molecule has 0 radical (unpaired) electrons. The second kappa shape index (κ2) is 17.0. The second-order valence-corrected chi connectivity index (χ2v) is 13.2. The Hall–Kier alpha value is -1.61. The van der Waals surface area contributed by atoms with Crippen LogP contribution in [-0.4, -0.2) is 101 Å². The Morgan fingerprint density at radius 2 is 1.31 bits per heavy atom. The van der Waals surface area contributed by atoms with Gasteiger partial charge in [0.1, 0.15) is 0 Å². The molecule has 7 nitrogen and oxygen atoms in total. The van der Waals surface area contributed by atoms with Crippen LogP contribution in [0.3, 0.4) is 0 Å². The molecule has 3 heterocycles. The van der Waals surface area contributed by atoms with Crippen LogP contribution in [0.4, 0.5) is 0 Å². The molecular weight excluding hydrogens is 633 g/mol. The summed E-state index contributed by atoms with van der Waals surface area (Å²) in [5, 5.41) is 0. The number of halogens is 3. The second-order valence-electron chi connectivity index (χ2n) is 12.5. The van der Waals surface area contributed by atoms with Gasteiger partial charge in [0, 0.05) is 69.7 Å². The van der Waals surface area contributed by atoms with Crippen LogP contribution in [0.15, 0.2) is 24.3 Å². The molecule has 252 valence electrons. The molecule has 0 saturated carbocycles. The first-order chi connectivity index (χ1) is 21.5. The standard InChI is InChI=1S/C35H51Cl2N3O4.ClH/c1-6-24-23-40-12-8-26-20-33(42-3)35(44-5)22-29(26)31(40)18-27(24)17-30-28-21-34(43-4)32(41-2)19-25(28)7-11-39(30)16-15-38(13-9-36)14-10-37;/h19-22,24,27,30-31H,6-18,23H2,1-5H3;1H/t24-,27-,30+,31-;/m0./s1. The van der Waals surface area contributed by atoms with E-state index in [2.05, 4.69) is 45.9 Å². The maximum atomic E-state index is 6.16. The van der Waals surface area contributed by atoms with Crippen LogP contribution in [-0.2, 0) is 12.8 Å². The fourth-order valence-electron chi connectivity index (χ4n) is 8.01. The van der Waals surface area contributed by atoms with Crippen molar-refractivity contribution in [3.05, 3.63) is 46.5 Å². The molecular formula is C35H52Cl3N3O4. The van der Waals surface area contributed by atoms with Gasteiger partial charge in [-0.1, -0.05) is 13.3 Å². The van der Waals surface area contributed by atoms with E-state index in [-0.39, 0.29) is 12.4 Å². The minimum absolute atomic E-state index is 0. The van der Waals surface area contributed by atoms with Gasteiger partial charge < -0.3 is 18.9 Å². The van der Waals surface area contributed by atoms with Crippen molar-refractivity contribution in [1.29, 1.82) is 0 Å². The zero-order valence-corrected chi connectivity index (χ0v) is 30.0. The van der Waals surface area contributed by atoms with Gasteiger partial charge in [0.2, 0.25) is 0 Å². The SMILES string of the molecule is CC[C@H]1CN2CCc3cc(OC)c(OC)cc3[C@@H]2C[C@@H]1C[C@@H]1c2cc(OC)c(OC)cc2CCN1CCN(CCCl)CCCl.Cl. The van der Waals surface area contributed by atoms with E-state index in [0.29, 0.717) is 35.7 Å². The summed E-state index contributed by atoms with van der Waals surface area (Å²) < 4.78 is 23.0. The van der Waals surface area contributed by atoms with Gasteiger partial charge in [0.15, 0.2) is 23.0 Å². The van der Waals surface area contributed by atoms with E-state index < -0.39 is 0 Å². The monoisotopic (exact) mass is 683 g/mol. The smallest absolute Gasteiger partial charge is 0.161 e. The van der Waals surface area contributed by atoms with Crippen LogP contribution in [0.1, 0.15) is 60.5 Å². The van der Waals surface area contributed by atoms with E-state index in [0.717, 1.165) is 94.5 Å². The van der Waals surface area contributed by atoms with Gasteiger partial charge in [-0.15, -0.1) is 35.6 Å². The highest BCUT2D eigenvalue weighted by molar-refractivity contribution is 6.18. The van der Waals surface area contributed by atoms with Gasteiger partial charge in [0.05, 0.1) is 28.4 Å². The number of nitrogens with zero attached hydrogens (tertiary/aromatic N) is 3. The van der Waals surface area contributed by atoms with E-state index in [1.165, 1.54) is 28.7 Å². The third-order valence-electron chi connectivity index (χ3n) is 10.4. The number of piperidine rings is 1. The average molecular weight is 685 g/mol. The van der Waals surface area contributed by atoms with Crippen molar-refractivity contribution in [3.63, 3.8) is 0 Å². The summed E-state index contributed by atoms with van der Waals surface area (Å²) in [5.41, 5.74) is 5.59. The first-order valence-electron chi connectivity index (χ1n) is 16.3. The van der Waals surface area contributed by atoms with Gasteiger partial charge >= 0.3 is 0 Å². The molecule has 0 N–H and O–H groups in total. The predicted molar refractivity (Wildman–Crippen MR) is 187 cm³/mol. The van der Waals surface area contributed by atoms with Crippen LogP contribution in [0.2, 0.25) is 0 Å². The van der Waals surface area contributed by atoms with E-state index in [1.54, 1.807) is 28.4 Å². The lowest BCUT2D eigenvalue weighted by Gasteiger charge is -2.49. The maximum absolute atomic E-state index is 6.16. The first kappa shape index (κ1) is 36.2. The average Bonchev–Trinajstić information content (AvgIpc) is 3.06. The lowest BCUT2D eigenvalue weighted by molar-refractivity contribution is 0.0295. The van der Waals surface area contributed by atoms with Crippen LogP contribution in [0.5, 0.6) is 23.0 Å². The van der Waals surface area contributed by atoms with Crippen LogP contribution < -0.4 is 18.9 Å². The van der Waals surface area contributed by atoms with Crippen molar-refractivity contribution in [2.75, 3.05) is 86.0 Å². The summed E-state index contributed by atoms with van der Waals surface area (Å²) in [4.78, 5) is 7.84. The molecule has 0 unspecified atom stereocenters. The highest BCUT2D eigenvalue weighted by atomic mass is 35.5. The largest absolute Gasteiger partial charge is 0.493 e. The van der Waals surface area contributed by atoms with Crippen molar-refractivity contribution in [2.45, 2.75) is 51.1 Å². The molecule has 2 aromatic rings. The zero-order chi connectivity index (χ0) is 31.2. The number of rotatable bonds is 14. The number of benzene rings is 2. The Bertz CT molecular complexity index is 1250. The zero-order valence-electron chi connectivity index (χ0n) is 27.7. The summed E-state index contributed by atoms with van der Waals surface area (Å²) in [7, 11) is 6.93. The van der Waals surface area contributed by atoms with Crippen molar-refractivity contribution >= 4 is 35.6 Å². The molecule has 3 aliphatic heterocycles. The van der Waals surface area contributed by atoms with Gasteiger partial charge in [-0.25, -0.2) is 0 Å². The molecule has 1 fully saturated rings. The summed E-state index contributed by atoms with van der Waals surface area (Å²) in [6, 6.07) is 9.63. The van der Waals surface area contributed by atoms with E-state index >= 15 is 0 Å². The fraction of sp³-hybridized carbons (Fsp3) is 0.657. The van der Waals surface area contributed by atoms with Crippen LogP contribution in [0.25, 0.3) is 0 Å². The molecule has 4 atom stereocenters. The molecule has 1 saturated heterocycles. The van der Waals surface area contributed by atoms with E-state index in [1.807, 2.05) is 0 Å². The molecule has 0 spiro atoms. The Morgan fingerprint density at radius 3 is 1.89 bits per heavy atom. The van der Waals surface area contributed by atoms with E-state index in [9.17, 15) is 0 Å². The summed E-state index contributed by atoms with van der Waals surface area (Å²) in [6.07, 6.45) is 5.53. The minimum Gasteiger partial charge on any atom is -0.493 e. The first-order valence-corrected chi connectivity index (χ1v) is 17.4. The maximum Gasteiger partial charge on any atom is 0.161 e. The summed E-state index contributed by atoms with van der Waals surface area (Å²) >= 11 is 12.3. The number of alkyl halides is 2. The van der Waals surface area contributed by atoms with Crippen molar-refractivity contribution in [2.24, 2.45) is 11.8 Å². The van der Waals surface area contributed by atoms with Crippen molar-refractivity contribution < 1.29 is 18.9 Å². The summed E-state index contributed by atoms with van der Waals surface area (Å²) in [5.74, 6) is 5.78. The number of ether oxygens (including phenoxy) is 4. The highest BCUT2D eigenvalue weighted by Crippen LogP contribution is 2.49. The molecule has 0 amide bonds. The lowest BCUT2D eigenvalue weighted by atomic mass is 9.72. The van der Waals surface area contributed by atoms with Gasteiger partial charge in [-0.05, 0) is 84.0 Å². The minimum atomic E-state index is 0. The normalized spacial score (nSPS) is 23.0. The molecule has 5 rings (SSSR count). The number of hydrogen-bond donors (Lipinski definition) is 0. The molecule has 3 aliphatic rings. The molecule has 0 aliphatic carbocycles. The Kier molecular flexibility index (Phi) is 13.7. The highest BCUT2D eigenvalue weighted by Gasteiger charge is 2.41. The van der Waals surface area contributed by atoms with Gasteiger partial charge in [-0.2, -0.15) is 0 Å². The Balaban J connectivity index is 0.00000461. The van der Waals surface area contributed by atoms with Gasteiger partial charge in [0.25, 0.3) is 0 Å². The molecule has 0 aromatic heterocycles. The predicted octanol–water partition coefficient (Wildman–Crippen LogP) is 6.86. The molecule has 2 aromatic carbocycles. The molecule has 10 heteroatoms. The fourth-order valence-corrected chi connectivity index (χ4v) is 8.49. The van der Waals surface area contributed by atoms with Crippen LogP contribution >= 0.6 is 35.6 Å². The lowest BCUT2D eigenvalue weighted by Crippen LogP contribution is -2.47. The van der Waals surface area contributed by atoms with Crippen molar-refractivity contribution in [3.8, 4) is 23.0 Å². The van der Waals surface area contributed by atoms with Gasteiger partial charge in [-0.3, -0.25) is 14.7 Å². The van der Waals surface area contributed by atoms with Crippen LogP contribution in [0, 0.1) is 11.8 Å². The number of hydrogen-bond acceptors (Lipinski definition) is 7. The number of methoxy groups -OCH3 is 4. The summed E-state index contributed by atoms with van der Waals surface area (Å²) in [6.45, 7) is 9.33. The topological polar surface area (TPSA) is 46.6 Å².